The van der Waals surface area contributed by atoms with Crippen molar-refractivity contribution in [2.24, 2.45) is 0 Å². The third-order valence-electron chi connectivity index (χ3n) is 6.10. The minimum Gasteiger partial charge on any atom is -0.355 e. The molecule has 7 heteroatoms. The number of amides is 4. The van der Waals surface area contributed by atoms with Gasteiger partial charge in [-0.3, -0.25) is 24.1 Å². The van der Waals surface area contributed by atoms with Crippen LogP contribution < -0.4 is 10.6 Å². The number of nitrogens with one attached hydrogen (secondary N) is 2. The Morgan fingerprint density at radius 1 is 0.935 bits per heavy atom. The zero-order valence-electron chi connectivity index (χ0n) is 17.7. The lowest BCUT2D eigenvalue weighted by molar-refractivity contribution is 0.0548. The maximum atomic E-state index is 13.0. The topological polar surface area (TPSA) is 95.6 Å². The van der Waals surface area contributed by atoms with E-state index in [1.54, 1.807) is 37.3 Å². The molecule has 0 saturated heterocycles. The first kappa shape index (κ1) is 20.8. The van der Waals surface area contributed by atoms with E-state index in [-0.39, 0.29) is 34.9 Å². The highest BCUT2D eigenvalue weighted by atomic mass is 16.2. The van der Waals surface area contributed by atoms with Crippen LogP contribution in [0.2, 0.25) is 0 Å². The van der Waals surface area contributed by atoms with Crippen LogP contribution in [0.15, 0.2) is 36.4 Å². The van der Waals surface area contributed by atoms with Crippen molar-refractivity contribution < 1.29 is 19.2 Å². The second-order valence-electron chi connectivity index (χ2n) is 8.06. The first-order valence-electron chi connectivity index (χ1n) is 10.6. The molecule has 31 heavy (non-hydrogen) atoms. The van der Waals surface area contributed by atoms with Crippen molar-refractivity contribution in [1.29, 1.82) is 0 Å². The standard InChI is InChI=1S/C24H25N3O4/c1-14-7-6-10-19(20(14)22(29)25-2)26-21(28)15-11-12-17-18(13-15)24(31)27(23(17)30)16-8-4-3-5-9-16/h6-7,10-13,16H,3-5,8-9H2,1-2H3,(H,25,29)(H,26,28). The van der Waals surface area contributed by atoms with Crippen LogP contribution in [0.3, 0.4) is 0 Å². The number of imide groups is 1. The van der Waals surface area contributed by atoms with Gasteiger partial charge in [0, 0.05) is 18.7 Å². The molecule has 160 valence electrons. The lowest BCUT2D eigenvalue weighted by Crippen LogP contribution is -2.40. The second-order valence-corrected chi connectivity index (χ2v) is 8.06. The van der Waals surface area contributed by atoms with E-state index in [4.69, 9.17) is 0 Å². The highest BCUT2D eigenvalue weighted by Gasteiger charge is 2.40. The predicted molar refractivity (Wildman–Crippen MR) is 116 cm³/mol. The molecule has 0 aromatic heterocycles. The molecular weight excluding hydrogens is 394 g/mol. The van der Waals surface area contributed by atoms with E-state index in [2.05, 4.69) is 10.6 Å². The molecule has 4 rings (SSSR count). The van der Waals surface area contributed by atoms with Gasteiger partial charge in [-0.2, -0.15) is 0 Å². The van der Waals surface area contributed by atoms with E-state index in [0.717, 1.165) is 37.7 Å². The number of carbonyl (C=O) groups is 4. The Labute approximate surface area is 180 Å². The van der Waals surface area contributed by atoms with Gasteiger partial charge >= 0.3 is 0 Å². The van der Waals surface area contributed by atoms with Crippen LogP contribution in [0.5, 0.6) is 0 Å². The summed E-state index contributed by atoms with van der Waals surface area (Å²) in [5.74, 6) is -1.36. The smallest absolute Gasteiger partial charge is 0.261 e. The zero-order chi connectivity index (χ0) is 22.1. The van der Waals surface area contributed by atoms with E-state index >= 15 is 0 Å². The number of hydrogen-bond acceptors (Lipinski definition) is 4. The van der Waals surface area contributed by atoms with Gasteiger partial charge in [-0.15, -0.1) is 0 Å². The average molecular weight is 419 g/mol. The van der Waals surface area contributed by atoms with E-state index < -0.39 is 5.91 Å². The highest BCUT2D eigenvalue weighted by Crippen LogP contribution is 2.31. The van der Waals surface area contributed by atoms with E-state index in [1.165, 1.54) is 18.0 Å². The predicted octanol–water partition coefficient (Wildman–Crippen LogP) is 3.54. The highest BCUT2D eigenvalue weighted by molar-refractivity contribution is 6.22. The fourth-order valence-electron chi connectivity index (χ4n) is 4.46. The molecule has 4 amide bonds. The number of anilines is 1. The molecule has 1 heterocycles. The van der Waals surface area contributed by atoms with Crippen molar-refractivity contribution in [2.45, 2.75) is 45.1 Å². The van der Waals surface area contributed by atoms with Crippen molar-refractivity contribution in [3.63, 3.8) is 0 Å². The minimum atomic E-state index is -0.449. The molecule has 2 aliphatic rings. The van der Waals surface area contributed by atoms with Crippen molar-refractivity contribution in [3.8, 4) is 0 Å². The van der Waals surface area contributed by atoms with Crippen LogP contribution in [-0.2, 0) is 0 Å². The number of aryl methyl sites for hydroxylation is 1. The van der Waals surface area contributed by atoms with Crippen LogP contribution >= 0.6 is 0 Å². The molecule has 1 aliphatic carbocycles. The Balaban J connectivity index is 1.60. The fourth-order valence-corrected chi connectivity index (χ4v) is 4.46. The van der Waals surface area contributed by atoms with Crippen LogP contribution in [-0.4, -0.2) is 41.6 Å². The number of hydrogen-bond donors (Lipinski definition) is 2. The van der Waals surface area contributed by atoms with Gasteiger partial charge in [-0.05, 0) is 49.6 Å². The summed E-state index contributed by atoms with van der Waals surface area (Å²) in [6.07, 6.45) is 4.80. The van der Waals surface area contributed by atoms with Gasteiger partial charge in [0.25, 0.3) is 23.6 Å². The maximum absolute atomic E-state index is 13.0. The molecule has 2 aromatic rings. The van der Waals surface area contributed by atoms with Gasteiger partial charge < -0.3 is 10.6 Å². The minimum absolute atomic E-state index is 0.0687. The van der Waals surface area contributed by atoms with Crippen molar-refractivity contribution in [1.82, 2.24) is 10.2 Å². The van der Waals surface area contributed by atoms with Gasteiger partial charge in [-0.25, -0.2) is 0 Å². The van der Waals surface area contributed by atoms with Crippen LogP contribution in [0.1, 0.15) is 79.1 Å². The first-order valence-corrected chi connectivity index (χ1v) is 10.6. The SMILES string of the molecule is CNC(=O)c1c(C)cccc1NC(=O)c1ccc2c(c1)C(=O)N(C1CCCCC1)C2=O. The summed E-state index contributed by atoms with van der Waals surface area (Å²) < 4.78 is 0. The van der Waals surface area contributed by atoms with E-state index in [0.29, 0.717) is 16.8 Å². The van der Waals surface area contributed by atoms with Gasteiger partial charge in [0.1, 0.15) is 0 Å². The second kappa shape index (κ2) is 8.34. The van der Waals surface area contributed by atoms with Crippen molar-refractivity contribution >= 4 is 29.3 Å². The lowest BCUT2D eigenvalue weighted by Gasteiger charge is -2.29. The summed E-state index contributed by atoms with van der Waals surface area (Å²) in [6, 6.07) is 9.69. The molecule has 1 fully saturated rings. The Bertz CT molecular complexity index is 1090. The lowest BCUT2D eigenvalue weighted by atomic mass is 9.94. The molecule has 0 spiro atoms. The number of nitrogens with zero attached hydrogens (tertiary/aromatic N) is 1. The van der Waals surface area contributed by atoms with Crippen molar-refractivity contribution in [3.05, 3.63) is 64.2 Å². The molecule has 2 N–H and O–H groups in total. The van der Waals surface area contributed by atoms with Gasteiger partial charge in [0.2, 0.25) is 0 Å². The molecule has 0 radical (unpaired) electrons. The molecule has 0 unspecified atom stereocenters. The summed E-state index contributed by atoms with van der Waals surface area (Å²) in [5.41, 5.74) is 2.36. The zero-order valence-corrected chi connectivity index (χ0v) is 17.7. The van der Waals surface area contributed by atoms with Crippen LogP contribution in [0.25, 0.3) is 0 Å². The first-order chi connectivity index (χ1) is 14.9. The summed E-state index contributed by atoms with van der Waals surface area (Å²) in [4.78, 5) is 52.3. The molecular formula is C24H25N3O4. The summed E-state index contributed by atoms with van der Waals surface area (Å²) in [7, 11) is 1.53. The Morgan fingerprint density at radius 2 is 1.65 bits per heavy atom. The number of carbonyl (C=O) groups excluding carboxylic acids is 4. The molecule has 2 aromatic carbocycles. The van der Waals surface area contributed by atoms with Gasteiger partial charge in [-0.1, -0.05) is 31.4 Å². The molecule has 0 bridgehead atoms. The van der Waals surface area contributed by atoms with Gasteiger partial charge in [0.05, 0.1) is 22.4 Å². The number of rotatable bonds is 4. The molecule has 1 aliphatic heterocycles. The number of benzene rings is 2. The molecule has 1 saturated carbocycles. The number of fused-ring (bicyclic) bond motifs is 1. The fraction of sp³-hybridized carbons (Fsp3) is 0.333. The Kier molecular flexibility index (Phi) is 5.59. The van der Waals surface area contributed by atoms with E-state index in [9.17, 15) is 19.2 Å². The largest absolute Gasteiger partial charge is 0.355 e. The van der Waals surface area contributed by atoms with Crippen LogP contribution in [0.4, 0.5) is 5.69 Å². The molecule has 0 atom stereocenters. The third kappa shape index (κ3) is 3.71. The monoisotopic (exact) mass is 419 g/mol. The van der Waals surface area contributed by atoms with E-state index in [1.807, 2.05) is 0 Å². The molecule has 7 nitrogen and oxygen atoms in total. The van der Waals surface area contributed by atoms with Crippen molar-refractivity contribution in [2.75, 3.05) is 12.4 Å². The average Bonchev–Trinajstić information content (AvgIpc) is 3.03. The van der Waals surface area contributed by atoms with Crippen LogP contribution in [0, 0.1) is 6.92 Å². The Hall–Kier alpha value is -3.48. The maximum Gasteiger partial charge on any atom is 0.261 e. The summed E-state index contributed by atoms with van der Waals surface area (Å²) in [5, 5.41) is 5.34. The summed E-state index contributed by atoms with van der Waals surface area (Å²) >= 11 is 0. The Morgan fingerprint density at radius 3 is 2.35 bits per heavy atom. The quantitative estimate of drug-likeness (QED) is 0.741. The van der Waals surface area contributed by atoms with Gasteiger partial charge in [0.15, 0.2) is 0 Å². The normalized spacial score (nSPS) is 16.3. The third-order valence-corrected chi connectivity index (χ3v) is 6.10. The summed E-state index contributed by atoms with van der Waals surface area (Å²) in [6.45, 7) is 1.79.